The minimum Gasteiger partial charge on any atom is -0.431 e. The summed E-state index contributed by atoms with van der Waals surface area (Å²) in [4.78, 5) is 18.4. The monoisotopic (exact) mass is 405 g/mol. The number of para-hydroxylation sites is 2. The highest BCUT2D eigenvalue weighted by Gasteiger charge is 2.20. The van der Waals surface area contributed by atoms with Gasteiger partial charge in [0.25, 0.3) is 5.22 Å². The molecule has 0 radical (unpaired) electrons. The van der Waals surface area contributed by atoms with E-state index in [1.807, 2.05) is 31.2 Å². The molecule has 9 heteroatoms. The molecule has 1 amide bonds. The van der Waals surface area contributed by atoms with Gasteiger partial charge in [0.1, 0.15) is 5.52 Å². The van der Waals surface area contributed by atoms with Gasteiger partial charge in [-0.25, -0.2) is 18.5 Å². The highest BCUT2D eigenvalue weighted by atomic mass is 32.2. The summed E-state index contributed by atoms with van der Waals surface area (Å²) >= 11 is 1.22. The molecular weight excluding hydrogens is 386 g/mol. The third kappa shape index (κ3) is 4.49. The first-order chi connectivity index (χ1) is 12.8. The number of thioether (sulfide) groups is 1. The number of sulfonamides is 1. The van der Waals surface area contributed by atoms with Crippen molar-refractivity contribution in [3.8, 4) is 0 Å². The number of hydrogen-bond donors (Lipinski definition) is 1. The summed E-state index contributed by atoms with van der Waals surface area (Å²) in [5.41, 5.74) is 2.10. The molecule has 0 fully saturated rings. The number of amides is 1. The second kappa shape index (κ2) is 7.71. The van der Waals surface area contributed by atoms with Gasteiger partial charge in [0.05, 0.1) is 16.7 Å². The number of hydrogen-bond acceptors (Lipinski definition) is 6. The van der Waals surface area contributed by atoms with Gasteiger partial charge in [-0.05, 0) is 36.8 Å². The van der Waals surface area contributed by atoms with E-state index in [0.29, 0.717) is 16.4 Å². The zero-order valence-corrected chi connectivity index (χ0v) is 16.5. The van der Waals surface area contributed by atoms with Crippen LogP contribution in [0.25, 0.3) is 11.1 Å². The molecular formula is C18H19N3O4S2. The number of fused-ring (bicyclic) bond motifs is 1. The van der Waals surface area contributed by atoms with Crippen molar-refractivity contribution < 1.29 is 17.6 Å². The van der Waals surface area contributed by atoms with Gasteiger partial charge in [0.15, 0.2) is 5.58 Å². The highest BCUT2D eigenvalue weighted by Crippen LogP contribution is 2.25. The van der Waals surface area contributed by atoms with E-state index in [9.17, 15) is 13.2 Å². The van der Waals surface area contributed by atoms with E-state index in [4.69, 9.17) is 9.56 Å². The van der Waals surface area contributed by atoms with Crippen molar-refractivity contribution in [2.24, 2.45) is 5.14 Å². The fraction of sp³-hybridized carbons (Fsp3) is 0.222. The molecule has 0 aliphatic carbocycles. The first-order valence-electron chi connectivity index (χ1n) is 8.12. The van der Waals surface area contributed by atoms with E-state index < -0.39 is 10.0 Å². The van der Waals surface area contributed by atoms with Crippen LogP contribution in [0.5, 0.6) is 0 Å². The zero-order valence-electron chi connectivity index (χ0n) is 14.8. The lowest BCUT2D eigenvalue weighted by Crippen LogP contribution is -2.31. The van der Waals surface area contributed by atoms with Crippen molar-refractivity contribution in [2.45, 2.75) is 23.1 Å². The molecule has 1 unspecified atom stereocenters. The van der Waals surface area contributed by atoms with Crippen LogP contribution in [-0.4, -0.2) is 37.0 Å². The van der Waals surface area contributed by atoms with Crippen molar-refractivity contribution in [2.75, 3.05) is 12.8 Å². The van der Waals surface area contributed by atoms with Crippen molar-refractivity contribution in [3.63, 3.8) is 0 Å². The molecule has 142 valence electrons. The maximum Gasteiger partial charge on any atom is 0.257 e. The molecule has 0 saturated carbocycles. The Balaban J connectivity index is 1.67. The quantitative estimate of drug-likeness (QED) is 0.632. The predicted molar refractivity (Wildman–Crippen MR) is 104 cm³/mol. The molecule has 3 rings (SSSR count). The van der Waals surface area contributed by atoms with E-state index in [1.54, 1.807) is 24.1 Å². The average Bonchev–Trinajstić information content (AvgIpc) is 3.07. The summed E-state index contributed by atoms with van der Waals surface area (Å²) in [5.74, 6) is 0.0264. The number of carbonyl (C=O) groups excluding carboxylic acids is 1. The smallest absolute Gasteiger partial charge is 0.257 e. The van der Waals surface area contributed by atoms with Gasteiger partial charge in [0, 0.05) is 7.05 Å². The van der Waals surface area contributed by atoms with Crippen LogP contribution in [-0.2, 0) is 14.8 Å². The third-order valence-corrected chi connectivity index (χ3v) is 5.96. The van der Waals surface area contributed by atoms with Gasteiger partial charge in [-0.15, -0.1) is 0 Å². The second-order valence-electron chi connectivity index (χ2n) is 6.03. The fourth-order valence-electron chi connectivity index (χ4n) is 2.53. The summed E-state index contributed by atoms with van der Waals surface area (Å²) in [6.45, 7) is 1.82. The van der Waals surface area contributed by atoms with Crippen LogP contribution in [0.3, 0.4) is 0 Å². The number of benzene rings is 2. The molecule has 0 saturated heterocycles. The molecule has 2 N–H and O–H groups in total. The Morgan fingerprint density at radius 1 is 1.26 bits per heavy atom. The molecule has 2 aromatic carbocycles. The Labute approximate surface area is 161 Å². The summed E-state index contributed by atoms with van der Waals surface area (Å²) in [6, 6.07) is 13.4. The van der Waals surface area contributed by atoms with Crippen LogP contribution >= 0.6 is 11.8 Å². The SMILES string of the molecule is CC(c1cccc(S(N)(=O)=O)c1)N(C)C(=O)CSc1nc2ccccc2o1. The topological polar surface area (TPSA) is 106 Å². The maximum absolute atomic E-state index is 12.5. The van der Waals surface area contributed by atoms with Crippen LogP contribution in [0.1, 0.15) is 18.5 Å². The lowest BCUT2D eigenvalue weighted by atomic mass is 10.1. The minimum absolute atomic E-state index is 0.0218. The molecule has 0 aliphatic heterocycles. The largest absolute Gasteiger partial charge is 0.431 e. The van der Waals surface area contributed by atoms with Gasteiger partial charge < -0.3 is 9.32 Å². The van der Waals surface area contributed by atoms with Gasteiger partial charge in [-0.2, -0.15) is 0 Å². The summed E-state index contributed by atoms with van der Waals surface area (Å²) in [7, 11) is -2.12. The van der Waals surface area contributed by atoms with Crippen LogP contribution in [0, 0.1) is 0 Å². The number of nitrogens with zero attached hydrogens (tertiary/aromatic N) is 2. The number of nitrogens with two attached hydrogens (primary N) is 1. The number of carbonyl (C=O) groups is 1. The average molecular weight is 406 g/mol. The summed E-state index contributed by atoms with van der Waals surface area (Å²) in [5, 5.41) is 5.61. The Morgan fingerprint density at radius 2 is 2.00 bits per heavy atom. The fourth-order valence-corrected chi connectivity index (χ4v) is 3.86. The van der Waals surface area contributed by atoms with Gasteiger partial charge in [-0.1, -0.05) is 36.0 Å². The first kappa shape index (κ1) is 19.4. The molecule has 7 nitrogen and oxygen atoms in total. The van der Waals surface area contributed by atoms with Crippen molar-refractivity contribution in [3.05, 3.63) is 54.1 Å². The third-order valence-electron chi connectivity index (χ3n) is 4.24. The van der Waals surface area contributed by atoms with Gasteiger partial charge in [-0.3, -0.25) is 4.79 Å². The van der Waals surface area contributed by atoms with Crippen LogP contribution in [0.2, 0.25) is 0 Å². The molecule has 3 aromatic rings. The van der Waals surface area contributed by atoms with Gasteiger partial charge in [0.2, 0.25) is 15.9 Å². The number of aromatic nitrogens is 1. The molecule has 0 aliphatic rings. The molecule has 1 aromatic heterocycles. The zero-order chi connectivity index (χ0) is 19.6. The van der Waals surface area contributed by atoms with E-state index in [2.05, 4.69) is 4.98 Å². The molecule has 27 heavy (non-hydrogen) atoms. The maximum atomic E-state index is 12.5. The normalized spacial score (nSPS) is 12.9. The van der Waals surface area contributed by atoms with Crippen LogP contribution in [0.4, 0.5) is 0 Å². The van der Waals surface area contributed by atoms with E-state index in [-0.39, 0.29) is 22.6 Å². The summed E-state index contributed by atoms with van der Waals surface area (Å²) < 4.78 is 28.6. The number of rotatable bonds is 6. The molecule has 1 heterocycles. The van der Waals surface area contributed by atoms with E-state index >= 15 is 0 Å². The van der Waals surface area contributed by atoms with Crippen molar-refractivity contribution in [1.82, 2.24) is 9.88 Å². The van der Waals surface area contributed by atoms with Crippen molar-refractivity contribution >= 4 is 38.8 Å². The first-order valence-corrected chi connectivity index (χ1v) is 10.7. The van der Waals surface area contributed by atoms with E-state index in [0.717, 1.165) is 5.52 Å². The standard InChI is InChI=1S/C18H19N3O4S2/c1-12(13-6-5-7-14(10-13)27(19,23)24)21(2)17(22)11-26-18-20-15-8-3-4-9-16(15)25-18/h3-10,12H,11H2,1-2H3,(H2,19,23,24). The lowest BCUT2D eigenvalue weighted by Gasteiger charge is -2.25. The van der Waals surface area contributed by atoms with Gasteiger partial charge >= 0.3 is 0 Å². The Hall–Kier alpha value is -2.36. The predicted octanol–water partition coefficient (Wildman–Crippen LogP) is 2.79. The number of primary sulfonamides is 1. The highest BCUT2D eigenvalue weighted by molar-refractivity contribution is 7.99. The Bertz CT molecular complexity index is 1050. The summed E-state index contributed by atoms with van der Waals surface area (Å²) in [6.07, 6.45) is 0. The molecule has 1 atom stereocenters. The van der Waals surface area contributed by atoms with Crippen LogP contribution < -0.4 is 5.14 Å². The number of oxazole rings is 1. The Kier molecular flexibility index (Phi) is 5.54. The minimum atomic E-state index is -3.79. The second-order valence-corrected chi connectivity index (χ2v) is 8.52. The molecule has 0 spiro atoms. The lowest BCUT2D eigenvalue weighted by molar-refractivity contribution is -0.128. The Morgan fingerprint density at radius 3 is 2.70 bits per heavy atom. The van der Waals surface area contributed by atoms with Crippen LogP contribution in [0.15, 0.2) is 63.1 Å². The van der Waals surface area contributed by atoms with Crippen molar-refractivity contribution in [1.29, 1.82) is 0 Å². The molecule has 0 bridgehead atoms. The van der Waals surface area contributed by atoms with E-state index in [1.165, 1.54) is 23.9 Å².